The van der Waals surface area contributed by atoms with E-state index in [1.54, 1.807) is 0 Å². The molecule has 0 aliphatic carbocycles. The molecular formula is C12H16N4. The molecule has 0 bridgehead atoms. The van der Waals surface area contributed by atoms with Crippen LogP contribution in [0.15, 0.2) is 24.3 Å². The van der Waals surface area contributed by atoms with Gasteiger partial charge in [0.25, 0.3) is 0 Å². The highest BCUT2D eigenvalue weighted by Crippen LogP contribution is 2.20. The average molecular weight is 216 g/mol. The highest BCUT2D eigenvalue weighted by atomic mass is 15.1. The molecule has 1 heterocycles. The molecule has 0 fully saturated rings. The van der Waals surface area contributed by atoms with Crippen molar-refractivity contribution in [1.29, 1.82) is 0 Å². The molecule has 2 rings (SSSR count). The van der Waals surface area contributed by atoms with E-state index in [4.69, 9.17) is 5.73 Å². The summed E-state index contributed by atoms with van der Waals surface area (Å²) >= 11 is 0. The minimum atomic E-state index is 0.310. The SMILES string of the molecule is CC(C)CNc1nc(N)nc2ccccc12. The Labute approximate surface area is 94.9 Å². The number of anilines is 2. The lowest BCUT2D eigenvalue weighted by Crippen LogP contribution is -2.11. The van der Waals surface area contributed by atoms with Crippen molar-refractivity contribution < 1.29 is 0 Å². The minimum Gasteiger partial charge on any atom is -0.369 e. The number of nitrogens with zero attached hydrogens (tertiary/aromatic N) is 2. The maximum Gasteiger partial charge on any atom is 0.222 e. The van der Waals surface area contributed by atoms with Gasteiger partial charge in [0.05, 0.1) is 5.52 Å². The van der Waals surface area contributed by atoms with E-state index < -0.39 is 0 Å². The van der Waals surface area contributed by atoms with Gasteiger partial charge in [0, 0.05) is 11.9 Å². The van der Waals surface area contributed by atoms with E-state index in [0.717, 1.165) is 23.3 Å². The van der Waals surface area contributed by atoms with Crippen molar-refractivity contribution in [3.8, 4) is 0 Å². The maximum absolute atomic E-state index is 5.67. The van der Waals surface area contributed by atoms with Crippen molar-refractivity contribution in [1.82, 2.24) is 9.97 Å². The number of benzene rings is 1. The zero-order valence-corrected chi connectivity index (χ0v) is 9.57. The summed E-state index contributed by atoms with van der Waals surface area (Å²) in [6, 6.07) is 7.86. The van der Waals surface area contributed by atoms with Crippen LogP contribution in [0.2, 0.25) is 0 Å². The molecule has 3 N–H and O–H groups in total. The molecular weight excluding hydrogens is 200 g/mol. The number of nitrogens with one attached hydrogen (secondary N) is 1. The Morgan fingerprint density at radius 3 is 2.75 bits per heavy atom. The van der Waals surface area contributed by atoms with Gasteiger partial charge in [0.15, 0.2) is 0 Å². The van der Waals surface area contributed by atoms with E-state index in [1.807, 2.05) is 24.3 Å². The number of para-hydroxylation sites is 1. The average Bonchev–Trinajstić information content (AvgIpc) is 2.25. The predicted octanol–water partition coefficient (Wildman–Crippen LogP) is 2.28. The Hall–Kier alpha value is -1.84. The van der Waals surface area contributed by atoms with Crippen molar-refractivity contribution in [3.05, 3.63) is 24.3 Å². The Bertz CT molecular complexity index is 493. The summed E-state index contributed by atoms with van der Waals surface area (Å²) in [7, 11) is 0. The van der Waals surface area contributed by atoms with E-state index in [0.29, 0.717) is 11.9 Å². The molecule has 1 aromatic carbocycles. The van der Waals surface area contributed by atoms with Crippen molar-refractivity contribution in [2.75, 3.05) is 17.6 Å². The third kappa shape index (κ3) is 2.21. The second-order valence-corrected chi connectivity index (χ2v) is 4.22. The second kappa shape index (κ2) is 4.35. The third-order valence-corrected chi connectivity index (χ3v) is 2.30. The number of aromatic nitrogens is 2. The second-order valence-electron chi connectivity index (χ2n) is 4.22. The first-order valence-electron chi connectivity index (χ1n) is 5.43. The molecule has 0 saturated heterocycles. The fraction of sp³-hybridized carbons (Fsp3) is 0.333. The van der Waals surface area contributed by atoms with E-state index in [2.05, 4.69) is 29.1 Å². The lowest BCUT2D eigenvalue weighted by atomic mass is 10.2. The first-order valence-corrected chi connectivity index (χ1v) is 5.43. The van der Waals surface area contributed by atoms with Crippen LogP contribution < -0.4 is 11.1 Å². The van der Waals surface area contributed by atoms with Crippen LogP contribution in [-0.2, 0) is 0 Å². The summed E-state index contributed by atoms with van der Waals surface area (Å²) < 4.78 is 0. The van der Waals surface area contributed by atoms with Crippen LogP contribution in [-0.4, -0.2) is 16.5 Å². The standard InChI is InChI=1S/C12H16N4/c1-8(2)7-14-11-9-5-3-4-6-10(9)15-12(13)16-11/h3-6,8H,7H2,1-2H3,(H3,13,14,15,16). The van der Waals surface area contributed by atoms with Crippen LogP contribution in [0.1, 0.15) is 13.8 Å². The quantitative estimate of drug-likeness (QED) is 0.826. The zero-order valence-electron chi connectivity index (χ0n) is 9.57. The number of nitrogens with two attached hydrogens (primary N) is 1. The number of hydrogen-bond donors (Lipinski definition) is 2. The molecule has 0 saturated carbocycles. The maximum atomic E-state index is 5.67. The van der Waals surface area contributed by atoms with Crippen molar-refractivity contribution in [2.24, 2.45) is 5.92 Å². The van der Waals surface area contributed by atoms with Gasteiger partial charge in [-0.15, -0.1) is 0 Å². The third-order valence-electron chi connectivity index (χ3n) is 2.30. The van der Waals surface area contributed by atoms with E-state index >= 15 is 0 Å². The number of nitrogen functional groups attached to an aromatic ring is 1. The first kappa shape index (κ1) is 10.7. The Balaban J connectivity index is 2.42. The predicted molar refractivity (Wildman–Crippen MR) is 67.3 cm³/mol. The molecule has 2 aromatic rings. The fourth-order valence-electron chi connectivity index (χ4n) is 1.53. The van der Waals surface area contributed by atoms with Gasteiger partial charge in [-0.1, -0.05) is 26.0 Å². The van der Waals surface area contributed by atoms with Crippen LogP contribution in [0, 0.1) is 5.92 Å². The number of fused-ring (bicyclic) bond motifs is 1. The fourth-order valence-corrected chi connectivity index (χ4v) is 1.53. The Morgan fingerprint density at radius 1 is 1.25 bits per heavy atom. The normalized spacial score (nSPS) is 10.9. The van der Waals surface area contributed by atoms with Crippen molar-refractivity contribution >= 4 is 22.7 Å². The van der Waals surface area contributed by atoms with Gasteiger partial charge in [0.2, 0.25) is 5.95 Å². The largest absolute Gasteiger partial charge is 0.369 e. The highest BCUT2D eigenvalue weighted by molar-refractivity contribution is 5.89. The number of rotatable bonds is 3. The highest BCUT2D eigenvalue weighted by Gasteiger charge is 2.05. The molecule has 4 nitrogen and oxygen atoms in total. The van der Waals surface area contributed by atoms with Crippen LogP contribution in [0.25, 0.3) is 10.9 Å². The zero-order chi connectivity index (χ0) is 11.5. The van der Waals surface area contributed by atoms with Gasteiger partial charge < -0.3 is 11.1 Å². The summed E-state index contributed by atoms with van der Waals surface area (Å²) in [6.45, 7) is 5.18. The van der Waals surface area contributed by atoms with E-state index in [1.165, 1.54) is 0 Å². The van der Waals surface area contributed by atoms with Gasteiger partial charge >= 0.3 is 0 Å². The molecule has 0 unspecified atom stereocenters. The topological polar surface area (TPSA) is 63.8 Å². The lowest BCUT2D eigenvalue weighted by Gasteiger charge is -2.10. The van der Waals surface area contributed by atoms with Crippen LogP contribution in [0.4, 0.5) is 11.8 Å². The first-order chi connectivity index (χ1) is 7.66. The minimum absolute atomic E-state index is 0.310. The van der Waals surface area contributed by atoms with E-state index in [-0.39, 0.29) is 0 Å². The molecule has 0 aliphatic rings. The molecule has 0 radical (unpaired) electrons. The summed E-state index contributed by atoms with van der Waals surface area (Å²) in [4.78, 5) is 8.42. The summed E-state index contributed by atoms with van der Waals surface area (Å²) in [5.41, 5.74) is 6.55. The van der Waals surface area contributed by atoms with Crippen molar-refractivity contribution in [2.45, 2.75) is 13.8 Å². The molecule has 0 amide bonds. The van der Waals surface area contributed by atoms with Crippen LogP contribution >= 0.6 is 0 Å². The molecule has 16 heavy (non-hydrogen) atoms. The smallest absolute Gasteiger partial charge is 0.222 e. The molecule has 0 atom stereocenters. The molecule has 0 spiro atoms. The van der Waals surface area contributed by atoms with Crippen LogP contribution in [0.3, 0.4) is 0 Å². The molecule has 84 valence electrons. The Kier molecular flexibility index (Phi) is 2.90. The van der Waals surface area contributed by atoms with Gasteiger partial charge in [0.1, 0.15) is 5.82 Å². The summed E-state index contributed by atoms with van der Waals surface area (Å²) in [5, 5.41) is 4.31. The van der Waals surface area contributed by atoms with Gasteiger partial charge in [-0.05, 0) is 18.1 Å². The van der Waals surface area contributed by atoms with Gasteiger partial charge in [-0.3, -0.25) is 0 Å². The van der Waals surface area contributed by atoms with Gasteiger partial charge in [-0.25, -0.2) is 4.98 Å². The monoisotopic (exact) mass is 216 g/mol. The molecule has 0 aliphatic heterocycles. The summed E-state index contributed by atoms with van der Waals surface area (Å²) in [5.74, 6) is 1.69. The summed E-state index contributed by atoms with van der Waals surface area (Å²) in [6.07, 6.45) is 0. The molecule has 4 heteroatoms. The number of hydrogen-bond acceptors (Lipinski definition) is 4. The Morgan fingerprint density at radius 2 is 2.00 bits per heavy atom. The van der Waals surface area contributed by atoms with Gasteiger partial charge in [-0.2, -0.15) is 4.98 Å². The van der Waals surface area contributed by atoms with Crippen LogP contribution in [0.5, 0.6) is 0 Å². The lowest BCUT2D eigenvalue weighted by molar-refractivity contribution is 0.687. The van der Waals surface area contributed by atoms with E-state index in [9.17, 15) is 0 Å². The molecule has 1 aromatic heterocycles. The van der Waals surface area contributed by atoms with Crippen molar-refractivity contribution in [3.63, 3.8) is 0 Å².